The number of hydrogen-bond acceptors (Lipinski definition) is 5. The molecule has 1 unspecified atom stereocenters. The summed E-state index contributed by atoms with van der Waals surface area (Å²) in [6, 6.07) is 0. The lowest BCUT2D eigenvalue weighted by Gasteiger charge is -2.18. The van der Waals surface area contributed by atoms with Crippen LogP contribution in [-0.2, 0) is 19.1 Å². The number of cyclic esters (lactones) is 2. The van der Waals surface area contributed by atoms with Crippen molar-refractivity contribution in [1.82, 2.24) is 0 Å². The van der Waals surface area contributed by atoms with Crippen LogP contribution in [-0.4, -0.2) is 36.4 Å². The van der Waals surface area contributed by atoms with E-state index < -0.39 is 24.6 Å². The van der Waals surface area contributed by atoms with Gasteiger partial charge in [0.25, 0.3) is 0 Å². The molecule has 1 rings (SSSR count). The number of esters is 2. The molecule has 10 heavy (non-hydrogen) atoms. The van der Waals surface area contributed by atoms with E-state index in [2.05, 4.69) is 9.47 Å². The van der Waals surface area contributed by atoms with E-state index in [4.69, 9.17) is 5.11 Å². The first kappa shape index (κ1) is 7.01. The van der Waals surface area contributed by atoms with Gasteiger partial charge in [-0.05, 0) is 0 Å². The lowest BCUT2D eigenvalue weighted by Crippen LogP contribution is -2.39. The number of ether oxygens (including phenoxy) is 2. The smallest absolute Gasteiger partial charge is 0.350 e. The van der Waals surface area contributed by atoms with Crippen molar-refractivity contribution in [3.63, 3.8) is 0 Å². The zero-order valence-corrected chi connectivity index (χ0v) is 5.07. The third-order valence-electron chi connectivity index (χ3n) is 1.03. The molecule has 0 spiro atoms. The second-order valence-electron chi connectivity index (χ2n) is 1.77. The molecule has 1 saturated heterocycles. The van der Waals surface area contributed by atoms with Crippen LogP contribution in [0, 0.1) is 0 Å². The number of rotatable bonds is 1. The van der Waals surface area contributed by atoms with Gasteiger partial charge in [0, 0.05) is 0 Å². The molecule has 5 heteroatoms. The Labute approximate surface area is 56.5 Å². The Morgan fingerprint density at radius 1 is 1.60 bits per heavy atom. The third kappa shape index (κ3) is 1.24. The summed E-state index contributed by atoms with van der Waals surface area (Å²) in [6.07, 6.45) is -1.12. The molecule has 0 aromatic carbocycles. The maximum absolute atomic E-state index is 10.5. The van der Waals surface area contributed by atoms with Gasteiger partial charge in [0.15, 0.2) is 6.61 Å². The third-order valence-corrected chi connectivity index (χ3v) is 1.03. The Morgan fingerprint density at radius 2 is 2.30 bits per heavy atom. The van der Waals surface area contributed by atoms with Crippen molar-refractivity contribution < 1.29 is 24.2 Å². The van der Waals surface area contributed by atoms with Gasteiger partial charge in [-0.1, -0.05) is 0 Å². The number of aliphatic hydroxyl groups excluding tert-OH is 1. The van der Waals surface area contributed by atoms with E-state index in [1.807, 2.05) is 0 Å². The highest BCUT2D eigenvalue weighted by Crippen LogP contribution is 2.02. The van der Waals surface area contributed by atoms with Crippen molar-refractivity contribution in [2.24, 2.45) is 0 Å². The molecular weight excluding hydrogens is 140 g/mol. The van der Waals surface area contributed by atoms with Crippen molar-refractivity contribution in [3.05, 3.63) is 0 Å². The average Bonchev–Trinajstić information content (AvgIpc) is 1.94. The molecule has 0 aromatic rings. The minimum absolute atomic E-state index is 0.352. The van der Waals surface area contributed by atoms with Crippen LogP contribution in [0.15, 0.2) is 0 Å². The summed E-state index contributed by atoms with van der Waals surface area (Å²) in [6.45, 7) is -0.875. The van der Waals surface area contributed by atoms with Gasteiger partial charge in [-0.15, -0.1) is 0 Å². The number of carbonyl (C=O) groups is 2. The summed E-state index contributed by atoms with van der Waals surface area (Å²) >= 11 is 0. The molecule has 0 aliphatic carbocycles. The second-order valence-corrected chi connectivity index (χ2v) is 1.77. The van der Waals surface area contributed by atoms with Crippen LogP contribution in [0.5, 0.6) is 0 Å². The minimum Gasteiger partial charge on any atom is -0.451 e. The number of aliphatic hydroxyl groups is 1. The van der Waals surface area contributed by atoms with Crippen molar-refractivity contribution >= 4 is 11.9 Å². The van der Waals surface area contributed by atoms with Crippen molar-refractivity contribution in [2.45, 2.75) is 6.10 Å². The fourth-order valence-electron chi connectivity index (χ4n) is 0.576. The van der Waals surface area contributed by atoms with Gasteiger partial charge >= 0.3 is 11.9 Å². The topological polar surface area (TPSA) is 72.8 Å². The fraction of sp³-hybridized carbons (Fsp3) is 0.600. The highest BCUT2D eigenvalue weighted by atomic mass is 16.6. The highest BCUT2D eigenvalue weighted by molar-refractivity contribution is 5.85. The van der Waals surface area contributed by atoms with E-state index in [1.165, 1.54) is 0 Å². The van der Waals surface area contributed by atoms with Crippen molar-refractivity contribution in [1.29, 1.82) is 0 Å². The van der Waals surface area contributed by atoms with E-state index in [0.717, 1.165) is 0 Å². The summed E-state index contributed by atoms with van der Waals surface area (Å²) in [5, 5.41) is 8.40. The molecule has 1 N–H and O–H groups in total. The van der Waals surface area contributed by atoms with E-state index in [0.29, 0.717) is 0 Å². The Hall–Kier alpha value is -1.10. The van der Waals surface area contributed by atoms with Gasteiger partial charge in [-0.3, -0.25) is 0 Å². The quantitative estimate of drug-likeness (QED) is 0.453. The zero-order chi connectivity index (χ0) is 7.56. The monoisotopic (exact) mass is 146 g/mol. The minimum atomic E-state index is -1.12. The van der Waals surface area contributed by atoms with E-state index >= 15 is 0 Å². The first-order valence-corrected chi connectivity index (χ1v) is 2.71. The average molecular weight is 146 g/mol. The van der Waals surface area contributed by atoms with Crippen LogP contribution in [0.4, 0.5) is 0 Å². The Bertz CT molecular complexity index is 163. The molecule has 1 aliphatic heterocycles. The Balaban J connectivity index is 2.53. The van der Waals surface area contributed by atoms with Gasteiger partial charge in [0.05, 0.1) is 6.61 Å². The van der Waals surface area contributed by atoms with E-state index in [-0.39, 0.29) is 6.61 Å². The molecular formula is C5H6O5. The largest absolute Gasteiger partial charge is 0.451 e. The summed E-state index contributed by atoms with van der Waals surface area (Å²) in [5.74, 6) is -1.32. The Morgan fingerprint density at radius 3 is 2.80 bits per heavy atom. The standard InChI is InChI=1S/C5H6O5/c6-1-3-5(8)9-2-4(7)10-3/h3,6H,1-2H2. The fourth-order valence-corrected chi connectivity index (χ4v) is 0.576. The van der Waals surface area contributed by atoms with Gasteiger partial charge < -0.3 is 14.6 Å². The lowest BCUT2D eigenvalue weighted by atomic mass is 10.3. The number of hydrogen-bond donors (Lipinski definition) is 1. The maximum Gasteiger partial charge on any atom is 0.350 e. The van der Waals surface area contributed by atoms with Gasteiger partial charge in [-0.25, -0.2) is 9.59 Å². The molecule has 0 amide bonds. The highest BCUT2D eigenvalue weighted by Gasteiger charge is 2.29. The summed E-state index contributed by atoms with van der Waals surface area (Å²) in [4.78, 5) is 20.9. The molecule has 1 aliphatic rings. The van der Waals surface area contributed by atoms with E-state index in [1.54, 1.807) is 0 Å². The van der Waals surface area contributed by atoms with Crippen LogP contribution >= 0.6 is 0 Å². The zero-order valence-electron chi connectivity index (χ0n) is 5.07. The van der Waals surface area contributed by atoms with Gasteiger partial charge in [0.2, 0.25) is 6.10 Å². The van der Waals surface area contributed by atoms with Crippen LogP contribution in [0.25, 0.3) is 0 Å². The Kier molecular flexibility index (Phi) is 1.86. The van der Waals surface area contributed by atoms with Crippen LogP contribution < -0.4 is 0 Å². The van der Waals surface area contributed by atoms with Crippen LogP contribution in [0.1, 0.15) is 0 Å². The molecule has 0 bridgehead atoms. The molecule has 5 nitrogen and oxygen atoms in total. The van der Waals surface area contributed by atoms with Crippen molar-refractivity contribution in [3.8, 4) is 0 Å². The summed E-state index contributed by atoms with van der Waals surface area (Å²) < 4.78 is 8.70. The van der Waals surface area contributed by atoms with Crippen molar-refractivity contribution in [2.75, 3.05) is 13.2 Å². The molecule has 1 atom stereocenters. The van der Waals surface area contributed by atoms with Crippen LogP contribution in [0.2, 0.25) is 0 Å². The molecule has 0 aromatic heterocycles. The molecule has 56 valence electrons. The lowest BCUT2D eigenvalue weighted by molar-refractivity contribution is -0.187. The first-order chi connectivity index (χ1) is 4.74. The normalized spacial score (nSPS) is 25.5. The molecule has 0 radical (unpaired) electrons. The maximum atomic E-state index is 10.5. The van der Waals surface area contributed by atoms with E-state index in [9.17, 15) is 9.59 Å². The molecule has 1 fully saturated rings. The predicted octanol–water partition coefficient (Wildman–Crippen LogP) is -1.55. The summed E-state index contributed by atoms with van der Waals surface area (Å²) in [7, 11) is 0. The first-order valence-electron chi connectivity index (χ1n) is 2.71. The SMILES string of the molecule is O=C1COC(=O)C(CO)O1. The van der Waals surface area contributed by atoms with Gasteiger partial charge in [-0.2, -0.15) is 0 Å². The second kappa shape index (κ2) is 2.66. The summed E-state index contributed by atoms with van der Waals surface area (Å²) in [5.41, 5.74) is 0. The van der Waals surface area contributed by atoms with Gasteiger partial charge in [0.1, 0.15) is 0 Å². The number of carbonyl (C=O) groups excluding carboxylic acids is 2. The molecule has 0 saturated carbocycles. The predicted molar refractivity (Wildman–Crippen MR) is 27.9 cm³/mol. The van der Waals surface area contributed by atoms with Crippen LogP contribution in [0.3, 0.4) is 0 Å². The molecule has 1 heterocycles.